The number of hydrogen-bond donors (Lipinski definition) is 2. The molecule has 2 N–H and O–H groups in total. The van der Waals surface area contributed by atoms with Crippen LogP contribution in [0.5, 0.6) is 0 Å². The monoisotopic (exact) mass is 560 g/mol. The molecule has 0 aromatic carbocycles. The number of aliphatic carboxylic acids is 2. The van der Waals surface area contributed by atoms with E-state index in [0.717, 1.165) is 44.4 Å². The molecule has 4 atom stereocenters. The van der Waals surface area contributed by atoms with Crippen LogP contribution < -0.4 is 0 Å². The Morgan fingerprint density at radius 1 is 0.575 bits per heavy atom. The van der Waals surface area contributed by atoms with Crippen molar-refractivity contribution in [1.29, 1.82) is 0 Å². The Balaban J connectivity index is 2.71. The van der Waals surface area contributed by atoms with Crippen LogP contribution in [0.2, 0.25) is 0 Å². The van der Waals surface area contributed by atoms with Crippen molar-refractivity contribution >= 4 is 11.9 Å². The third-order valence-corrected chi connectivity index (χ3v) is 8.97. The van der Waals surface area contributed by atoms with Gasteiger partial charge in [-0.15, -0.1) is 0 Å². The van der Waals surface area contributed by atoms with Crippen molar-refractivity contribution in [3.8, 4) is 0 Å². The molecular formula is C36H64O4. The predicted octanol–water partition coefficient (Wildman–Crippen LogP) is 11.1. The van der Waals surface area contributed by atoms with Crippen molar-refractivity contribution in [2.24, 2.45) is 23.7 Å². The number of carboxylic acids is 2. The Bertz CT molecular complexity index is 682. The van der Waals surface area contributed by atoms with Crippen LogP contribution >= 0.6 is 0 Å². The van der Waals surface area contributed by atoms with Crippen LogP contribution in [0.25, 0.3) is 0 Å². The minimum Gasteiger partial charge on any atom is -0.481 e. The molecule has 1 aliphatic rings. The lowest BCUT2D eigenvalue weighted by atomic mass is 9.66. The van der Waals surface area contributed by atoms with Crippen LogP contribution in [0, 0.1) is 23.7 Å². The van der Waals surface area contributed by atoms with Gasteiger partial charge in [0.2, 0.25) is 0 Å². The number of hydrogen-bond acceptors (Lipinski definition) is 2. The summed E-state index contributed by atoms with van der Waals surface area (Å²) in [7, 11) is 0. The molecule has 232 valence electrons. The molecule has 4 heteroatoms. The first-order valence-electron chi connectivity index (χ1n) is 17.3. The Labute approximate surface area is 247 Å². The van der Waals surface area contributed by atoms with E-state index in [9.17, 15) is 9.59 Å². The van der Waals surface area contributed by atoms with E-state index >= 15 is 0 Å². The van der Waals surface area contributed by atoms with Crippen LogP contribution in [0.1, 0.15) is 168 Å². The van der Waals surface area contributed by atoms with Gasteiger partial charge in [-0.1, -0.05) is 134 Å². The lowest BCUT2D eigenvalue weighted by Gasteiger charge is -2.39. The van der Waals surface area contributed by atoms with Crippen LogP contribution in [0.4, 0.5) is 0 Å². The molecule has 0 fully saturated rings. The Morgan fingerprint density at radius 3 is 1.60 bits per heavy atom. The zero-order chi connectivity index (χ0) is 29.3. The van der Waals surface area contributed by atoms with Gasteiger partial charge in [0.05, 0.1) is 0 Å². The molecule has 0 aliphatic heterocycles. The van der Waals surface area contributed by atoms with Crippen molar-refractivity contribution in [2.45, 2.75) is 168 Å². The quantitative estimate of drug-likeness (QED) is 0.0774. The SMILES string of the molecule is CCCCCC=CC1C(CCCCC)C=CC(CCCCCCCCC(=O)O)C1CCCCCCCCC(=O)O. The van der Waals surface area contributed by atoms with Crippen LogP contribution in [-0.4, -0.2) is 22.2 Å². The predicted molar refractivity (Wildman–Crippen MR) is 170 cm³/mol. The van der Waals surface area contributed by atoms with Gasteiger partial charge in [-0.2, -0.15) is 0 Å². The summed E-state index contributed by atoms with van der Waals surface area (Å²) in [4.78, 5) is 21.5. The molecule has 1 rings (SSSR count). The second-order valence-corrected chi connectivity index (χ2v) is 12.5. The minimum atomic E-state index is -0.671. The number of carbonyl (C=O) groups is 2. The summed E-state index contributed by atoms with van der Waals surface area (Å²) in [6, 6.07) is 0. The smallest absolute Gasteiger partial charge is 0.303 e. The zero-order valence-electron chi connectivity index (χ0n) is 26.3. The first kappa shape index (κ1) is 36.4. The first-order valence-corrected chi connectivity index (χ1v) is 17.3. The van der Waals surface area contributed by atoms with Crippen molar-refractivity contribution in [2.75, 3.05) is 0 Å². The molecule has 0 radical (unpaired) electrons. The van der Waals surface area contributed by atoms with Gasteiger partial charge in [0, 0.05) is 12.8 Å². The van der Waals surface area contributed by atoms with Crippen molar-refractivity contribution in [3.05, 3.63) is 24.3 Å². The van der Waals surface area contributed by atoms with E-state index in [0.29, 0.717) is 30.6 Å². The Morgan fingerprint density at radius 2 is 1.02 bits per heavy atom. The van der Waals surface area contributed by atoms with Gasteiger partial charge in [0.15, 0.2) is 0 Å². The van der Waals surface area contributed by atoms with Gasteiger partial charge in [-0.25, -0.2) is 0 Å². The van der Waals surface area contributed by atoms with Gasteiger partial charge < -0.3 is 10.2 Å². The van der Waals surface area contributed by atoms with E-state index < -0.39 is 11.9 Å². The normalized spacial score (nSPS) is 20.9. The number of allylic oxidation sites excluding steroid dienone is 4. The fourth-order valence-corrected chi connectivity index (χ4v) is 6.57. The minimum absolute atomic E-state index is 0.309. The third kappa shape index (κ3) is 18.7. The van der Waals surface area contributed by atoms with Crippen LogP contribution in [0.15, 0.2) is 24.3 Å². The van der Waals surface area contributed by atoms with Crippen molar-refractivity contribution in [3.63, 3.8) is 0 Å². The number of rotatable bonds is 27. The molecular weight excluding hydrogens is 496 g/mol. The highest BCUT2D eigenvalue weighted by molar-refractivity contribution is 5.66. The largest absolute Gasteiger partial charge is 0.481 e. The highest BCUT2D eigenvalue weighted by atomic mass is 16.4. The maximum absolute atomic E-state index is 10.8. The standard InChI is InChI=1S/C36H64O4/c1-3-5-7-12-19-25-33-31(23-17-6-4-2)29-30-32(24-18-13-8-10-15-21-27-35(37)38)34(33)26-20-14-9-11-16-22-28-36(39)40/h19,25,29-34H,3-18,20-24,26-28H2,1-2H3,(H,37,38)(H,39,40). The fourth-order valence-electron chi connectivity index (χ4n) is 6.57. The lowest BCUT2D eigenvalue weighted by molar-refractivity contribution is -0.138. The van der Waals surface area contributed by atoms with E-state index in [1.54, 1.807) is 0 Å². The molecule has 0 spiro atoms. The zero-order valence-corrected chi connectivity index (χ0v) is 26.3. The third-order valence-electron chi connectivity index (χ3n) is 8.97. The Kier molecular flexibility index (Phi) is 22.9. The summed E-state index contributed by atoms with van der Waals surface area (Å²) in [6.45, 7) is 4.58. The maximum Gasteiger partial charge on any atom is 0.303 e. The maximum atomic E-state index is 10.8. The van der Waals surface area contributed by atoms with Gasteiger partial charge in [-0.3, -0.25) is 9.59 Å². The van der Waals surface area contributed by atoms with Crippen molar-refractivity contribution < 1.29 is 19.8 Å². The lowest BCUT2D eigenvalue weighted by Crippen LogP contribution is -2.30. The fraction of sp³-hybridized carbons (Fsp3) is 0.833. The first-order chi connectivity index (χ1) is 19.5. The molecule has 0 saturated carbocycles. The van der Waals surface area contributed by atoms with Gasteiger partial charge in [-0.05, 0) is 68.6 Å². The summed E-state index contributed by atoms with van der Waals surface area (Å²) in [5.74, 6) is 1.42. The molecule has 1 aliphatic carbocycles. The molecule has 4 unspecified atom stereocenters. The summed E-state index contributed by atoms with van der Waals surface area (Å²) < 4.78 is 0. The second kappa shape index (κ2) is 25.2. The summed E-state index contributed by atoms with van der Waals surface area (Å²) in [6.07, 6.45) is 37.5. The van der Waals surface area contributed by atoms with Crippen LogP contribution in [0.3, 0.4) is 0 Å². The van der Waals surface area contributed by atoms with E-state index in [1.807, 2.05) is 0 Å². The second-order valence-electron chi connectivity index (χ2n) is 12.5. The van der Waals surface area contributed by atoms with Gasteiger partial charge in [0.1, 0.15) is 0 Å². The summed E-state index contributed by atoms with van der Waals surface area (Å²) in [5.41, 5.74) is 0. The summed E-state index contributed by atoms with van der Waals surface area (Å²) in [5, 5.41) is 17.7. The van der Waals surface area contributed by atoms with Crippen LogP contribution in [-0.2, 0) is 9.59 Å². The molecule has 0 saturated heterocycles. The highest BCUT2D eigenvalue weighted by Gasteiger charge is 2.33. The van der Waals surface area contributed by atoms with E-state index in [4.69, 9.17) is 10.2 Å². The van der Waals surface area contributed by atoms with E-state index in [-0.39, 0.29) is 0 Å². The van der Waals surface area contributed by atoms with Gasteiger partial charge >= 0.3 is 11.9 Å². The van der Waals surface area contributed by atoms with E-state index in [2.05, 4.69) is 38.2 Å². The molecule has 40 heavy (non-hydrogen) atoms. The Hall–Kier alpha value is -1.58. The van der Waals surface area contributed by atoms with E-state index in [1.165, 1.54) is 103 Å². The molecule has 0 heterocycles. The molecule has 0 bridgehead atoms. The molecule has 0 amide bonds. The number of unbranched alkanes of at least 4 members (excludes halogenated alkanes) is 15. The number of carboxylic acid groups (broad SMARTS) is 2. The van der Waals surface area contributed by atoms with Crippen molar-refractivity contribution in [1.82, 2.24) is 0 Å². The molecule has 4 nitrogen and oxygen atoms in total. The topological polar surface area (TPSA) is 74.6 Å². The molecule has 0 aromatic rings. The summed E-state index contributed by atoms with van der Waals surface area (Å²) >= 11 is 0. The molecule has 0 aromatic heterocycles. The highest BCUT2D eigenvalue weighted by Crippen LogP contribution is 2.43. The van der Waals surface area contributed by atoms with Gasteiger partial charge in [0.25, 0.3) is 0 Å². The average Bonchev–Trinajstić information content (AvgIpc) is 2.92. The average molecular weight is 561 g/mol.